The van der Waals surface area contributed by atoms with Crippen LogP contribution in [0.25, 0.3) is 0 Å². The van der Waals surface area contributed by atoms with Gasteiger partial charge in [0, 0.05) is 22.2 Å². The molecule has 0 heterocycles. The van der Waals surface area contributed by atoms with Crippen LogP contribution in [0.5, 0.6) is 0 Å². The van der Waals surface area contributed by atoms with E-state index in [0.717, 1.165) is 0 Å². The highest BCUT2D eigenvalue weighted by Crippen LogP contribution is 2.27. The number of rotatable bonds is 6. The van der Waals surface area contributed by atoms with Gasteiger partial charge in [-0.05, 0) is 30.3 Å². The molecule has 3 rings (SSSR count). The number of carbonyl (C=O) groups is 1. The van der Waals surface area contributed by atoms with Crippen molar-refractivity contribution >= 4 is 46.3 Å². The van der Waals surface area contributed by atoms with Crippen LogP contribution in [0.4, 0.5) is 11.4 Å². The van der Waals surface area contributed by atoms with Gasteiger partial charge in [0.15, 0.2) is 0 Å². The number of hydrogen-bond acceptors (Lipinski definition) is 5. The Morgan fingerprint density at radius 1 is 1.00 bits per heavy atom. The number of nitro groups is 1. The fraction of sp³-hybridized carbons (Fsp3) is 0. The highest BCUT2D eigenvalue weighted by Gasteiger charge is 2.20. The summed E-state index contributed by atoms with van der Waals surface area (Å²) in [5, 5.41) is 25.6. The predicted molar refractivity (Wildman–Crippen MR) is 112 cm³/mol. The molecule has 2 N–H and O–H groups in total. The molecule has 3 aromatic rings. The number of benzene rings is 3. The van der Waals surface area contributed by atoms with Gasteiger partial charge in [0.05, 0.1) is 21.9 Å². The molecule has 0 atom stereocenters. The van der Waals surface area contributed by atoms with Crippen LogP contribution in [0.2, 0.25) is 10.0 Å². The van der Waals surface area contributed by atoms with Crippen molar-refractivity contribution < 1.29 is 14.8 Å². The van der Waals surface area contributed by atoms with Gasteiger partial charge in [-0.1, -0.05) is 53.5 Å². The first-order chi connectivity index (χ1) is 13.9. The molecule has 0 saturated carbocycles. The molecule has 0 bridgehead atoms. The molecular formula is C20H13Cl2N3O4. The van der Waals surface area contributed by atoms with E-state index in [-0.39, 0.29) is 27.5 Å². The topological polar surface area (TPSA) is 105 Å². The Balaban J connectivity index is 2.17. The average molecular weight is 430 g/mol. The molecule has 0 unspecified atom stereocenters. The van der Waals surface area contributed by atoms with E-state index in [1.54, 1.807) is 42.5 Å². The average Bonchev–Trinajstić information content (AvgIpc) is 2.69. The maximum absolute atomic E-state index is 11.7. The summed E-state index contributed by atoms with van der Waals surface area (Å²) in [6.07, 6.45) is 0. The number of hydrazone groups is 1. The summed E-state index contributed by atoms with van der Waals surface area (Å²) in [6.45, 7) is 0. The number of carboxylic acid groups (broad SMARTS) is 1. The van der Waals surface area contributed by atoms with Crippen LogP contribution in [0.1, 0.15) is 21.5 Å². The second-order valence-electron chi connectivity index (χ2n) is 5.86. The zero-order valence-corrected chi connectivity index (χ0v) is 16.2. The Labute approximate surface area is 175 Å². The van der Waals surface area contributed by atoms with E-state index in [1.807, 2.05) is 0 Å². The molecule has 7 nitrogen and oxygen atoms in total. The number of anilines is 1. The van der Waals surface area contributed by atoms with Crippen LogP contribution in [0, 0.1) is 10.1 Å². The second-order valence-corrected chi connectivity index (χ2v) is 6.70. The first-order valence-electron chi connectivity index (χ1n) is 8.23. The van der Waals surface area contributed by atoms with Gasteiger partial charge >= 0.3 is 5.97 Å². The first-order valence-corrected chi connectivity index (χ1v) is 8.98. The summed E-state index contributed by atoms with van der Waals surface area (Å²) in [6, 6.07) is 17.2. The predicted octanol–water partition coefficient (Wildman–Crippen LogP) is 5.46. The summed E-state index contributed by atoms with van der Waals surface area (Å²) in [5.74, 6) is -1.15. The van der Waals surface area contributed by atoms with E-state index >= 15 is 0 Å². The highest BCUT2D eigenvalue weighted by molar-refractivity contribution is 6.33. The van der Waals surface area contributed by atoms with Crippen molar-refractivity contribution in [1.29, 1.82) is 0 Å². The van der Waals surface area contributed by atoms with Crippen molar-refractivity contribution in [2.24, 2.45) is 5.10 Å². The molecule has 146 valence electrons. The maximum Gasteiger partial charge on any atom is 0.336 e. The minimum atomic E-state index is -1.15. The van der Waals surface area contributed by atoms with Crippen molar-refractivity contribution in [1.82, 2.24) is 0 Å². The summed E-state index contributed by atoms with van der Waals surface area (Å²) < 4.78 is 0. The smallest absolute Gasteiger partial charge is 0.336 e. The molecule has 3 aromatic carbocycles. The molecule has 0 aliphatic carbocycles. The molecule has 9 heteroatoms. The third-order valence-corrected chi connectivity index (χ3v) is 4.50. The molecule has 0 aliphatic rings. The largest absolute Gasteiger partial charge is 0.478 e. The first kappa shape index (κ1) is 20.3. The van der Waals surface area contributed by atoms with Gasteiger partial charge in [0.25, 0.3) is 5.69 Å². The van der Waals surface area contributed by atoms with E-state index in [9.17, 15) is 20.0 Å². The lowest BCUT2D eigenvalue weighted by molar-refractivity contribution is -0.384. The fourth-order valence-corrected chi connectivity index (χ4v) is 3.01. The Hall–Kier alpha value is -3.42. The van der Waals surface area contributed by atoms with Crippen LogP contribution in [-0.2, 0) is 0 Å². The van der Waals surface area contributed by atoms with Crippen LogP contribution >= 0.6 is 23.2 Å². The zero-order valence-electron chi connectivity index (χ0n) is 14.7. The molecule has 0 amide bonds. The SMILES string of the molecule is O=C(O)c1ccccc1C(=NNc1cccc(Cl)c1)c1ccc(Cl)c([N+](=O)[O-])c1. The van der Waals surface area contributed by atoms with Gasteiger partial charge in [-0.25, -0.2) is 4.79 Å². The van der Waals surface area contributed by atoms with Gasteiger partial charge in [-0.15, -0.1) is 0 Å². The van der Waals surface area contributed by atoms with E-state index < -0.39 is 10.9 Å². The Morgan fingerprint density at radius 3 is 2.38 bits per heavy atom. The van der Waals surface area contributed by atoms with Crippen LogP contribution in [0.3, 0.4) is 0 Å². The third kappa shape index (κ3) is 4.71. The van der Waals surface area contributed by atoms with Gasteiger partial charge in [-0.3, -0.25) is 15.5 Å². The quantitative estimate of drug-likeness (QED) is 0.307. The van der Waals surface area contributed by atoms with Gasteiger partial charge in [0.2, 0.25) is 0 Å². The lowest BCUT2D eigenvalue weighted by Gasteiger charge is -2.11. The van der Waals surface area contributed by atoms with Gasteiger partial charge in [0.1, 0.15) is 5.02 Å². The van der Waals surface area contributed by atoms with Crippen LogP contribution in [0.15, 0.2) is 71.8 Å². The van der Waals surface area contributed by atoms with Crippen molar-refractivity contribution in [3.63, 3.8) is 0 Å². The zero-order chi connectivity index (χ0) is 21.0. The lowest BCUT2D eigenvalue weighted by Crippen LogP contribution is -2.13. The molecule has 0 fully saturated rings. The van der Waals surface area contributed by atoms with Gasteiger partial charge in [-0.2, -0.15) is 5.10 Å². The molecule has 0 aliphatic heterocycles. The number of nitro benzene ring substituents is 1. The number of nitrogens with zero attached hydrogens (tertiary/aromatic N) is 2. The molecule has 0 saturated heterocycles. The number of hydrogen-bond donors (Lipinski definition) is 2. The Bertz CT molecular complexity index is 1130. The van der Waals surface area contributed by atoms with Crippen LogP contribution in [-0.4, -0.2) is 21.7 Å². The van der Waals surface area contributed by atoms with Crippen molar-refractivity contribution in [2.75, 3.05) is 5.43 Å². The third-order valence-electron chi connectivity index (χ3n) is 3.95. The van der Waals surface area contributed by atoms with E-state index in [4.69, 9.17) is 23.2 Å². The standard InChI is InChI=1S/C20H13Cl2N3O4/c21-13-4-3-5-14(11-13)23-24-19(15-6-1-2-7-16(15)20(26)27)12-8-9-17(22)18(10-12)25(28)29/h1-11,23H,(H,26,27). The lowest BCUT2D eigenvalue weighted by atomic mass is 9.97. The minimum absolute atomic E-state index is 0.00301. The monoisotopic (exact) mass is 429 g/mol. The second kappa shape index (κ2) is 8.72. The fourth-order valence-electron chi connectivity index (χ4n) is 2.63. The van der Waals surface area contributed by atoms with E-state index in [0.29, 0.717) is 16.3 Å². The summed E-state index contributed by atoms with van der Waals surface area (Å²) in [4.78, 5) is 22.4. The molecular weight excluding hydrogens is 417 g/mol. The molecule has 0 spiro atoms. The van der Waals surface area contributed by atoms with E-state index in [1.165, 1.54) is 24.3 Å². The number of aromatic carboxylic acids is 1. The minimum Gasteiger partial charge on any atom is -0.478 e. The van der Waals surface area contributed by atoms with Crippen molar-refractivity contribution in [2.45, 2.75) is 0 Å². The molecule has 0 aromatic heterocycles. The Morgan fingerprint density at radius 2 is 1.72 bits per heavy atom. The van der Waals surface area contributed by atoms with Crippen LogP contribution < -0.4 is 5.43 Å². The molecule has 0 radical (unpaired) electrons. The number of nitrogens with one attached hydrogen (secondary N) is 1. The van der Waals surface area contributed by atoms with Crippen molar-refractivity contribution in [3.05, 3.63) is 104 Å². The van der Waals surface area contributed by atoms with Gasteiger partial charge < -0.3 is 5.11 Å². The Kier molecular flexibility index (Phi) is 6.11. The summed E-state index contributed by atoms with van der Waals surface area (Å²) in [5.41, 5.74) is 3.87. The highest BCUT2D eigenvalue weighted by atomic mass is 35.5. The summed E-state index contributed by atoms with van der Waals surface area (Å²) in [7, 11) is 0. The van der Waals surface area contributed by atoms with E-state index in [2.05, 4.69) is 10.5 Å². The number of halogens is 2. The summed E-state index contributed by atoms with van der Waals surface area (Å²) >= 11 is 11.9. The normalized spacial score (nSPS) is 11.2. The van der Waals surface area contributed by atoms with Crippen molar-refractivity contribution in [3.8, 4) is 0 Å². The maximum atomic E-state index is 11.7. The molecule has 29 heavy (non-hydrogen) atoms. The number of carboxylic acids is 1.